The van der Waals surface area contributed by atoms with Gasteiger partial charge in [-0.25, -0.2) is 4.98 Å². The molecule has 2 atom stereocenters. The fraction of sp³-hybridized carbons (Fsp3) is 0.647. The van der Waals surface area contributed by atoms with Crippen LogP contribution in [-0.4, -0.2) is 33.3 Å². The van der Waals surface area contributed by atoms with Crippen molar-refractivity contribution in [1.82, 2.24) is 20.2 Å². The third kappa shape index (κ3) is 2.00. The number of fused-ring (bicyclic) bond motifs is 1. The first-order chi connectivity index (χ1) is 11.3. The van der Waals surface area contributed by atoms with E-state index in [2.05, 4.69) is 25.1 Å². The van der Waals surface area contributed by atoms with E-state index in [1.165, 1.54) is 25.7 Å². The van der Waals surface area contributed by atoms with Crippen molar-refractivity contribution in [1.29, 1.82) is 0 Å². The van der Waals surface area contributed by atoms with E-state index >= 15 is 0 Å². The molecule has 2 saturated carbocycles. The third-order valence-electron chi connectivity index (χ3n) is 5.82. The monoisotopic (exact) mass is 311 g/mol. The molecule has 5 rings (SSSR count). The molecule has 2 aromatic rings. The van der Waals surface area contributed by atoms with Crippen LogP contribution < -0.4 is 4.90 Å². The van der Waals surface area contributed by atoms with Crippen molar-refractivity contribution in [3.05, 3.63) is 29.9 Å². The predicted molar refractivity (Wildman–Crippen MR) is 84.3 cm³/mol. The summed E-state index contributed by atoms with van der Waals surface area (Å²) >= 11 is 0. The summed E-state index contributed by atoms with van der Waals surface area (Å²) in [6.07, 6.45) is 9.55. The van der Waals surface area contributed by atoms with Crippen LogP contribution in [-0.2, 0) is 5.41 Å². The van der Waals surface area contributed by atoms with E-state index in [0.717, 1.165) is 42.8 Å². The Labute approximate surface area is 135 Å². The van der Waals surface area contributed by atoms with E-state index in [1.54, 1.807) is 12.4 Å². The van der Waals surface area contributed by atoms with Crippen LogP contribution in [0.2, 0.25) is 0 Å². The van der Waals surface area contributed by atoms with Gasteiger partial charge < -0.3 is 9.32 Å². The summed E-state index contributed by atoms with van der Waals surface area (Å²) in [6.45, 7) is 3.96. The quantitative estimate of drug-likeness (QED) is 0.868. The molecule has 0 spiro atoms. The summed E-state index contributed by atoms with van der Waals surface area (Å²) in [7, 11) is 0. The first kappa shape index (κ1) is 13.5. The van der Waals surface area contributed by atoms with Gasteiger partial charge in [0.15, 0.2) is 0 Å². The van der Waals surface area contributed by atoms with Crippen LogP contribution in [0.5, 0.6) is 0 Å². The van der Waals surface area contributed by atoms with Crippen LogP contribution in [0.3, 0.4) is 0 Å². The van der Waals surface area contributed by atoms with Gasteiger partial charge in [0.2, 0.25) is 11.8 Å². The van der Waals surface area contributed by atoms with Gasteiger partial charge in [-0.3, -0.25) is 4.98 Å². The Hall–Kier alpha value is -1.98. The molecule has 6 nitrogen and oxygen atoms in total. The zero-order valence-corrected chi connectivity index (χ0v) is 13.4. The molecule has 1 aliphatic heterocycles. The van der Waals surface area contributed by atoms with Crippen molar-refractivity contribution in [2.75, 3.05) is 18.0 Å². The van der Waals surface area contributed by atoms with Gasteiger partial charge in [-0.05, 0) is 38.5 Å². The second kappa shape index (κ2) is 4.76. The first-order valence-electron chi connectivity index (χ1n) is 8.63. The number of anilines is 1. The van der Waals surface area contributed by atoms with Crippen molar-refractivity contribution in [2.24, 2.45) is 5.92 Å². The molecule has 0 aromatic carbocycles. The maximum absolute atomic E-state index is 6.13. The Morgan fingerprint density at radius 1 is 1.17 bits per heavy atom. The fourth-order valence-electron chi connectivity index (χ4n) is 4.44. The van der Waals surface area contributed by atoms with Crippen LogP contribution in [0.25, 0.3) is 0 Å². The molecule has 3 heterocycles. The minimum absolute atomic E-state index is 0.0180. The lowest BCUT2D eigenvalue weighted by molar-refractivity contribution is 0.296. The van der Waals surface area contributed by atoms with E-state index in [1.807, 2.05) is 6.92 Å². The molecular formula is C17H21N5O. The molecule has 0 amide bonds. The van der Waals surface area contributed by atoms with Crippen molar-refractivity contribution in [3.63, 3.8) is 0 Å². The maximum atomic E-state index is 6.13. The Bertz CT molecular complexity index is 740. The normalized spacial score (nSPS) is 30.0. The standard InChI is InChI=1S/C17H21N5O/c1-11-14(19-8-7-18-11)22-9-13-3-2-6-17(13,10-22)16-21-20-15(23-16)12-4-5-12/h7-8,12-13H,2-6,9-10H2,1H3/t13-,17-/m0/s1. The van der Waals surface area contributed by atoms with Crippen molar-refractivity contribution in [2.45, 2.75) is 50.4 Å². The van der Waals surface area contributed by atoms with E-state index in [-0.39, 0.29) is 5.41 Å². The lowest BCUT2D eigenvalue weighted by Crippen LogP contribution is -2.32. The van der Waals surface area contributed by atoms with Crippen molar-refractivity contribution < 1.29 is 4.42 Å². The summed E-state index contributed by atoms with van der Waals surface area (Å²) in [5, 5.41) is 8.79. The van der Waals surface area contributed by atoms with Crippen molar-refractivity contribution >= 4 is 5.82 Å². The summed E-state index contributed by atoms with van der Waals surface area (Å²) < 4.78 is 6.13. The SMILES string of the molecule is Cc1nccnc1N1C[C@@H]2CCC[C@]2(c2nnc(C3CC3)o2)C1. The smallest absolute Gasteiger partial charge is 0.224 e. The van der Waals surface area contributed by atoms with Gasteiger partial charge >= 0.3 is 0 Å². The largest absolute Gasteiger partial charge is 0.424 e. The fourth-order valence-corrected chi connectivity index (χ4v) is 4.44. The molecule has 2 aromatic heterocycles. The van der Waals surface area contributed by atoms with Gasteiger partial charge in [0, 0.05) is 31.4 Å². The predicted octanol–water partition coefficient (Wildman–Crippen LogP) is 2.60. The van der Waals surface area contributed by atoms with Crippen LogP contribution >= 0.6 is 0 Å². The van der Waals surface area contributed by atoms with E-state index in [4.69, 9.17) is 4.42 Å². The second-order valence-electron chi connectivity index (χ2n) is 7.31. The lowest BCUT2D eigenvalue weighted by atomic mass is 9.80. The van der Waals surface area contributed by atoms with Gasteiger partial charge in [-0.1, -0.05) is 6.42 Å². The van der Waals surface area contributed by atoms with Gasteiger partial charge in [-0.2, -0.15) is 0 Å². The molecule has 0 N–H and O–H groups in total. The number of rotatable bonds is 3. The zero-order chi connectivity index (χ0) is 15.4. The molecule has 6 heteroatoms. The van der Waals surface area contributed by atoms with Crippen molar-refractivity contribution in [3.8, 4) is 0 Å². The zero-order valence-electron chi connectivity index (χ0n) is 13.4. The average Bonchev–Trinajstić information content (AvgIpc) is 2.98. The Balaban J connectivity index is 1.49. The van der Waals surface area contributed by atoms with Gasteiger partial charge in [0.25, 0.3) is 0 Å². The topological polar surface area (TPSA) is 67.9 Å². The lowest BCUT2D eigenvalue weighted by Gasteiger charge is -2.25. The highest BCUT2D eigenvalue weighted by molar-refractivity contribution is 5.46. The van der Waals surface area contributed by atoms with Gasteiger partial charge in [0.05, 0.1) is 11.1 Å². The number of aryl methyl sites for hydroxylation is 1. The Morgan fingerprint density at radius 3 is 2.87 bits per heavy atom. The summed E-state index contributed by atoms with van der Waals surface area (Å²) in [5.74, 6) is 3.83. The second-order valence-corrected chi connectivity index (χ2v) is 7.31. The molecular weight excluding hydrogens is 290 g/mol. The first-order valence-corrected chi connectivity index (χ1v) is 8.63. The highest BCUT2D eigenvalue weighted by Gasteiger charge is 2.54. The molecule has 3 fully saturated rings. The van der Waals surface area contributed by atoms with Crippen LogP contribution in [0.4, 0.5) is 5.82 Å². The number of hydrogen-bond acceptors (Lipinski definition) is 6. The molecule has 2 aliphatic carbocycles. The number of hydrogen-bond donors (Lipinski definition) is 0. The molecule has 1 saturated heterocycles. The number of nitrogens with zero attached hydrogens (tertiary/aromatic N) is 5. The van der Waals surface area contributed by atoms with Gasteiger partial charge in [0.1, 0.15) is 5.82 Å². The maximum Gasteiger partial charge on any atom is 0.224 e. The summed E-state index contributed by atoms with van der Waals surface area (Å²) in [6, 6.07) is 0. The highest BCUT2D eigenvalue weighted by atomic mass is 16.4. The average molecular weight is 311 g/mol. The minimum atomic E-state index is 0.0180. The Morgan fingerprint density at radius 2 is 2.04 bits per heavy atom. The van der Waals surface area contributed by atoms with E-state index < -0.39 is 0 Å². The molecule has 0 bridgehead atoms. The minimum Gasteiger partial charge on any atom is -0.424 e. The van der Waals surface area contributed by atoms with E-state index in [0.29, 0.717) is 11.8 Å². The number of aromatic nitrogens is 4. The van der Waals surface area contributed by atoms with Crippen LogP contribution in [0, 0.1) is 12.8 Å². The van der Waals surface area contributed by atoms with Gasteiger partial charge in [-0.15, -0.1) is 10.2 Å². The molecule has 0 radical (unpaired) electrons. The molecule has 3 aliphatic rings. The molecule has 23 heavy (non-hydrogen) atoms. The molecule has 0 unspecified atom stereocenters. The van der Waals surface area contributed by atoms with Crippen LogP contribution in [0.15, 0.2) is 16.8 Å². The summed E-state index contributed by atoms with van der Waals surface area (Å²) in [5.41, 5.74) is 1.01. The third-order valence-corrected chi connectivity index (χ3v) is 5.82. The Kier molecular flexibility index (Phi) is 2.78. The van der Waals surface area contributed by atoms with Crippen LogP contribution in [0.1, 0.15) is 55.5 Å². The summed E-state index contributed by atoms with van der Waals surface area (Å²) in [4.78, 5) is 11.3. The highest BCUT2D eigenvalue weighted by Crippen LogP contribution is 2.51. The molecule has 120 valence electrons. The van der Waals surface area contributed by atoms with E-state index in [9.17, 15) is 0 Å².